The molecule has 3 N–H and O–H groups in total. The van der Waals surface area contributed by atoms with Gasteiger partial charge in [0.2, 0.25) is 5.91 Å². The van der Waals surface area contributed by atoms with Crippen LogP contribution in [0.2, 0.25) is 5.02 Å². The maximum Gasteiger partial charge on any atom is 0.416 e. The number of hydrogen-bond acceptors (Lipinski definition) is 3. The molecule has 0 spiro atoms. The third-order valence-electron chi connectivity index (χ3n) is 7.38. The van der Waals surface area contributed by atoms with Gasteiger partial charge in [0.25, 0.3) is 5.91 Å². The predicted octanol–water partition coefficient (Wildman–Crippen LogP) is 6.48. The summed E-state index contributed by atoms with van der Waals surface area (Å²) in [6, 6.07) is 7.67. The smallest absolute Gasteiger partial charge is 0.366 e. The van der Waals surface area contributed by atoms with Crippen LogP contribution in [0.1, 0.15) is 62.2 Å². The lowest BCUT2D eigenvalue weighted by atomic mass is 9.78. The second kappa shape index (κ2) is 9.69. The van der Waals surface area contributed by atoms with Crippen LogP contribution in [0.15, 0.2) is 54.9 Å². The van der Waals surface area contributed by atoms with Gasteiger partial charge in [-0.1, -0.05) is 11.6 Å². The van der Waals surface area contributed by atoms with Crippen LogP contribution in [0.25, 0.3) is 22.3 Å². The molecule has 6 rings (SSSR count). The number of hydrogen-bond donors (Lipinski definition) is 2. The van der Waals surface area contributed by atoms with Crippen molar-refractivity contribution >= 4 is 23.4 Å². The van der Waals surface area contributed by atoms with Crippen LogP contribution in [-0.2, 0) is 6.18 Å². The molecule has 3 aromatic carbocycles. The highest BCUT2D eigenvalue weighted by Gasteiger charge is 2.37. The van der Waals surface area contributed by atoms with Crippen LogP contribution in [-0.4, -0.2) is 28.1 Å². The summed E-state index contributed by atoms with van der Waals surface area (Å²) < 4.78 is 72.6. The molecule has 1 atom stereocenters. The number of nitrogens with zero attached hydrogens (tertiary/aromatic N) is 2. The number of aromatic nitrogens is 2. The number of carbonyl (C=O) groups is 2. The molecule has 4 aromatic rings. The van der Waals surface area contributed by atoms with Crippen LogP contribution >= 0.6 is 11.6 Å². The van der Waals surface area contributed by atoms with Crippen molar-refractivity contribution in [1.82, 2.24) is 15.1 Å². The van der Waals surface area contributed by atoms with Crippen LogP contribution < -0.4 is 11.1 Å². The van der Waals surface area contributed by atoms with Gasteiger partial charge in [-0.2, -0.15) is 18.3 Å². The average Bonchev–Trinajstić information content (AvgIpc) is 3.65. The average molecular weight is 587 g/mol. The van der Waals surface area contributed by atoms with Crippen LogP contribution in [0.5, 0.6) is 0 Å². The Bertz CT molecular complexity index is 1750. The number of carbonyl (C=O) groups excluding carboxylic acids is 2. The summed E-state index contributed by atoms with van der Waals surface area (Å²) in [6.45, 7) is -0.0743. The molecule has 210 valence electrons. The zero-order valence-corrected chi connectivity index (χ0v) is 21.8. The molecule has 1 unspecified atom stereocenters. The largest absolute Gasteiger partial charge is 0.416 e. The van der Waals surface area contributed by atoms with Crippen molar-refractivity contribution in [3.63, 3.8) is 0 Å². The van der Waals surface area contributed by atoms with E-state index in [9.17, 15) is 27.2 Å². The van der Waals surface area contributed by atoms with Crippen molar-refractivity contribution < 1.29 is 31.5 Å². The van der Waals surface area contributed by atoms with Gasteiger partial charge in [0.1, 0.15) is 11.6 Å². The fraction of sp³-hybridized carbons (Fsp3) is 0.207. The van der Waals surface area contributed by atoms with E-state index in [0.717, 1.165) is 18.9 Å². The molecular formula is C29H20ClF5N4O2. The number of primary amides is 1. The first-order valence-electron chi connectivity index (χ1n) is 12.6. The van der Waals surface area contributed by atoms with Gasteiger partial charge in [0.05, 0.1) is 23.4 Å². The van der Waals surface area contributed by atoms with Crippen LogP contribution in [0, 0.1) is 11.6 Å². The number of nitrogens with two attached hydrogens (primary N) is 1. The maximum absolute atomic E-state index is 15.8. The minimum Gasteiger partial charge on any atom is -0.366 e. The maximum atomic E-state index is 15.8. The van der Waals surface area contributed by atoms with Crippen LogP contribution in [0.3, 0.4) is 0 Å². The molecule has 1 saturated carbocycles. The minimum absolute atomic E-state index is 0.0446. The molecule has 1 aromatic heterocycles. The van der Waals surface area contributed by atoms with Crippen molar-refractivity contribution in [2.75, 3.05) is 6.54 Å². The van der Waals surface area contributed by atoms with E-state index in [1.807, 2.05) is 0 Å². The van der Waals surface area contributed by atoms with Gasteiger partial charge in [-0.25, -0.2) is 8.78 Å². The van der Waals surface area contributed by atoms with E-state index in [-0.39, 0.29) is 45.9 Å². The van der Waals surface area contributed by atoms with E-state index in [1.54, 1.807) is 23.1 Å². The Kier molecular flexibility index (Phi) is 6.37. The number of nitrogens with one attached hydrogen (secondary N) is 1. The van der Waals surface area contributed by atoms with Crippen molar-refractivity contribution in [1.29, 1.82) is 0 Å². The number of alkyl halides is 3. The molecule has 0 radical (unpaired) electrons. The Morgan fingerprint density at radius 1 is 1.05 bits per heavy atom. The third-order valence-corrected chi connectivity index (χ3v) is 7.73. The summed E-state index contributed by atoms with van der Waals surface area (Å²) >= 11 is 6.42. The van der Waals surface area contributed by atoms with Crippen molar-refractivity contribution in [3.8, 4) is 22.3 Å². The van der Waals surface area contributed by atoms with Gasteiger partial charge in [-0.05, 0) is 77.6 Å². The Hall–Kier alpha value is -4.25. The zero-order chi connectivity index (χ0) is 29.2. The summed E-state index contributed by atoms with van der Waals surface area (Å²) in [5, 5.41) is 7.24. The quantitative estimate of drug-likeness (QED) is 0.262. The highest BCUT2D eigenvalue weighted by Crippen LogP contribution is 2.45. The second-order valence-electron chi connectivity index (χ2n) is 10.1. The molecule has 6 nitrogen and oxygen atoms in total. The van der Waals surface area contributed by atoms with E-state index in [0.29, 0.717) is 17.2 Å². The molecule has 1 fully saturated rings. The van der Waals surface area contributed by atoms with Gasteiger partial charge in [0.15, 0.2) is 0 Å². The van der Waals surface area contributed by atoms with E-state index in [1.165, 1.54) is 18.2 Å². The molecule has 0 bridgehead atoms. The fourth-order valence-corrected chi connectivity index (χ4v) is 5.54. The normalized spacial score (nSPS) is 16.8. The Labute approximate surface area is 234 Å². The molecule has 2 heterocycles. The van der Waals surface area contributed by atoms with E-state index < -0.39 is 52.2 Å². The number of fused-ring (bicyclic) bond motifs is 1. The first kappa shape index (κ1) is 26.9. The molecule has 2 amide bonds. The monoisotopic (exact) mass is 586 g/mol. The molecule has 2 aliphatic rings. The van der Waals surface area contributed by atoms with E-state index in [4.69, 9.17) is 17.3 Å². The van der Waals surface area contributed by atoms with Gasteiger partial charge in [-0.3, -0.25) is 14.3 Å². The first-order valence-corrected chi connectivity index (χ1v) is 13.0. The van der Waals surface area contributed by atoms with Gasteiger partial charge >= 0.3 is 6.18 Å². The number of amides is 2. The lowest BCUT2D eigenvalue weighted by Gasteiger charge is -2.30. The number of benzene rings is 3. The highest BCUT2D eigenvalue weighted by atomic mass is 35.5. The zero-order valence-electron chi connectivity index (χ0n) is 21.0. The number of rotatable bonds is 5. The number of halogens is 6. The van der Waals surface area contributed by atoms with E-state index >= 15 is 4.39 Å². The highest BCUT2D eigenvalue weighted by molar-refractivity contribution is 6.31. The SMILES string of the molecule is NC(=O)c1cc(C(F)(F)F)cc(F)c1-c1cc(-c2cnn(C3CC3)c2)cc2c1C(c1cc(F)ccc1Cl)CNC2=O. The molecular weight excluding hydrogens is 567 g/mol. The second-order valence-corrected chi connectivity index (χ2v) is 10.5. The summed E-state index contributed by atoms with van der Waals surface area (Å²) in [6.07, 6.45) is 0.258. The first-order chi connectivity index (χ1) is 19.4. The molecule has 1 aliphatic carbocycles. The summed E-state index contributed by atoms with van der Waals surface area (Å²) in [4.78, 5) is 25.7. The summed E-state index contributed by atoms with van der Waals surface area (Å²) in [7, 11) is 0. The predicted molar refractivity (Wildman–Crippen MR) is 140 cm³/mol. The standard InChI is InChI=1S/C29H20ClF5N4O2/c30-23-4-1-16(31)9-18(23)22-11-37-28(41)21-6-13(14-10-38-39(12-14)17-2-3-17)5-19(25(21)22)26-20(27(36)40)7-15(8-24(26)32)29(33,34)35/h1,4-10,12,17,22H,2-3,11H2,(H2,36,40)(H,37,41). The lowest BCUT2D eigenvalue weighted by molar-refractivity contribution is -0.137. The van der Waals surface area contributed by atoms with Crippen LogP contribution in [0.4, 0.5) is 22.0 Å². The summed E-state index contributed by atoms with van der Waals surface area (Å²) in [5.74, 6) is -4.67. The molecule has 0 saturated heterocycles. The van der Waals surface area contributed by atoms with Gasteiger partial charge in [-0.15, -0.1) is 0 Å². The Balaban J connectivity index is 1.67. The van der Waals surface area contributed by atoms with Crippen molar-refractivity contribution in [2.24, 2.45) is 5.73 Å². The lowest BCUT2D eigenvalue weighted by Crippen LogP contribution is -2.36. The van der Waals surface area contributed by atoms with E-state index in [2.05, 4.69) is 10.4 Å². The fourth-order valence-electron chi connectivity index (χ4n) is 5.29. The van der Waals surface area contributed by atoms with Gasteiger partial charge < -0.3 is 11.1 Å². The van der Waals surface area contributed by atoms with Crippen molar-refractivity contribution in [3.05, 3.63) is 99.3 Å². The Morgan fingerprint density at radius 2 is 1.78 bits per heavy atom. The summed E-state index contributed by atoms with van der Waals surface area (Å²) in [5.41, 5.74) is 4.26. The topological polar surface area (TPSA) is 90.0 Å². The minimum atomic E-state index is -4.96. The molecule has 12 heteroatoms. The third kappa shape index (κ3) is 4.84. The Morgan fingerprint density at radius 3 is 2.46 bits per heavy atom. The van der Waals surface area contributed by atoms with Crippen molar-refractivity contribution in [2.45, 2.75) is 31.0 Å². The molecule has 41 heavy (non-hydrogen) atoms. The molecule has 1 aliphatic heterocycles. The van der Waals surface area contributed by atoms with Gasteiger partial charge in [0, 0.05) is 40.4 Å².